The molecule has 0 atom stereocenters. The summed E-state index contributed by atoms with van der Waals surface area (Å²) in [6, 6.07) is 12.1. The highest BCUT2D eigenvalue weighted by atomic mass is 19.1. The Bertz CT molecular complexity index is 925. The molecule has 170 valence electrons. The van der Waals surface area contributed by atoms with Gasteiger partial charge in [-0.15, -0.1) is 0 Å². The Hall–Kier alpha value is -3.42. The number of nitrogens with zero attached hydrogens (tertiary/aromatic N) is 1. The van der Waals surface area contributed by atoms with Gasteiger partial charge in [-0.2, -0.15) is 0 Å². The van der Waals surface area contributed by atoms with E-state index in [2.05, 4.69) is 10.6 Å². The summed E-state index contributed by atoms with van der Waals surface area (Å²) in [6.45, 7) is -0.370. The zero-order valence-electron chi connectivity index (χ0n) is 18.1. The third kappa shape index (κ3) is 6.54. The zero-order chi connectivity index (χ0) is 22.9. The van der Waals surface area contributed by atoms with Crippen LogP contribution in [0.3, 0.4) is 0 Å². The van der Waals surface area contributed by atoms with Crippen molar-refractivity contribution in [1.29, 1.82) is 0 Å². The molecule has 2 aromatic rings. The zero-order valence-corrected chi connectivity index (χ0v) is 18.1. The van der Waals surface area contributed by atoms with Gasteiger partial charge in [0.15, 0.2) is 0 Å². The minimum Gasteiger partial charge on any atom is -0.497 e. The molecule has 0 heterocycles. The Kier molecular flexibility index (Phi) is 8.19. The minimum absolute atomic E-state index is 0.0554. The van der Waals surface area contributed by atoms with Crippen LogP contribution in [0, 0.1) is 5.82 Å². The van der Waals surface area contributed by atoms with Crippen LogP contribution in [0.5, 0.6) is 5.75 Å². The first-order valence-electron chi connectivity index (χ1n) is 10.7. The lowest BCUT2D eigenvalue weighted by Gasteiger charge is -2.34. The van der Waals surface area contributed by atoms with Crippen molar-refractivity contribution >= 4 is 23.4 Å². The lowest BCUT2D eigenvalue weighted by Crippen LogP contribution is -2.48. The quantitative estimate of drug-likeness (QED) is 0.658. The van der Waals surface area contributed by atoms with E-state index in [1.165, 1.54) is 24.3 Å². The highest BCUT2D eigenvalue weighted by Gasteiger charge is 2.28. The van der Waals surface area contributed by atoms with Crippen LogP contribution in [-0.2, 0) is 9.59 Å². The fourth-order valence-electron chi connectivity index (χ4n) is 3.79. The maximum atomic E-state index is 13.3. The van der Waals surface area contributed by atoms with Gasteiger partial charge in [0.2, 0.25) is 11.8 Å². The summed E-state index contributed by atoms with van der Waals surface area (Å²) in [5.74, 6) is -0.862. The molecule has 2 N–H and O–H groups in total. The summed E-state index contributed by atoms with van der Waals surface area (Å²) in [6.07, 6.45) is 4.72. The Morgan fingerprint density at radius 2 is 1.62 bits per heavy atom. The number of halogens is 1. The fraction of sp³-hybridized carbons (Fsp3) is 0.375. The molecule has 0 aromatic heterocycles. The molecule has 0 spiro atoms. The Morgan fingerprint density at radius 3 is 2.25 bits per heavy atom. The first-order valence-corrected chi connectivity index (χ1v) is 10.7. The minimum atomic E-state index is -0.425. The van der Waals surface area contributed by atoms with Crippen molar-refractivity contribution in [3.8, 4) is 5.75 Å². The molecule has 2 aromatic carbocycles. The van der Waals surface area contributed by atoms with Crippen LogP contribution in [0.1, 0.15) is 42.5 Å². The predicted octanol–water partition coefficient (Wildman–Crippen LogP) is 3.36. The average molecular weight is 442 g/mol. The van der Waals surface area contributed by atoms with Gasteiger partial charge >= 0.3 is 0 Å². The van der Waals surface area contributed by atoms with E-state index >= 15 is 0 Å². The van der Waals surface area contributed by atoms with Gasteiger partial charge < -0.3 is 20.3 Å². The average Bonchev–Trinajstić information content (AvgIpc) is 2.82. The normalized spacial score (nSPS) is 13.8. The van der Waals surface area contributed by atoms with Crippen molar-refractivity contribution < 1.29 is 23.5 Å². The smallest absolute Gasteiger partial charge is 0.254 e. The number of amides is 3. The molecule has 1 aliphatic carbocycles. The SMILES string of the molecule is COc1ccc(NC(=O)CNC(=O)CN(C(=O)c2ccc(F)cc2)C2CCCCC2)cc1. The Balaban J connectivity index is 1.58. The van der Waals surface area contributed by atoms with Crippen molar-refractivity contribution in [2.45, 2.75) is 38.1 Å². The van der Waals surface area contributed by atoms with Crippen LogP contribution >= 0.6 is 0 Å². The van der Waals surface area contributed by atoms with E-state index in [-0.39, 0.29) is 30.9 Å². The third-order valence-electron chi connectivity index (χ3n) is 5.50. The van der Waals surface area contributed by atoms with Gasteiger partial charge in [0.25, 0.3) is 5.91 Å². The van der Waals surface area contributed by atoms with E-state index in [4.69, 9.17) is 4.74 Å². The molecule has 8 heteroatoms. The molecule has 0 unspecified atom stereocenters. The van der Waals surface area contributed by atoms with E-state index < -0.39 is 11.7 Å². The maximum Gasteiger partial charge on any atom is 0.254 e. The molecule has 1 fully saturated rings. The van der Waals surface area contributed by atoms with Crippen LogP contribution in [0.4, 0.5) is 10.1 Å². The standard InChI is InChI=1S/C24H28FN3O4/c1-32-21-13-11-19(12-14-21)27-22(29)15-26-23(30)16-28(20-5-3-2-4-6-20)24(31)17-7-9-18(25)10-8-17/h7-14,20H,2-6,15-16H2,1H3,(H,26,30)(H,27,29). The molecular weight excluding hydrogens is 413 g/mol. The van der Waals surface area contributed by atoms with Crippen LogP contribution in [0.15, 0.2) is 48.5 Å². The first-order chi connectivity index (χ1) is 15.5. The molecule has 3 amide bonds. The highest BCUT2D eigenvalue weighted by molar-refractivity contribution is 5.98. The second-order valence-corrected chi connectivity index (χ2v) is 7.79. The van der Waals surface area contributed by atoms with Crippen molar-refractivity contribution in [2.24, 2.45) is 0 Å². The Morgan fingerprint density at radius 1 is 0.969 bits per heavy atom. The number of hydrogen-bond acceptors (Lipinski definition) is 4. The van der Waals surface area contributed by atoms with Crippen LogP contribution < -0.4 is 15.4 Å². The Labute approximate surface area is 186 Å². The molecule has 32 heavy (non-hydrogen) atoms. The molecule has 1 saturated carbocycles. The molecule has 0 bridgehead atoms. The van der Waals surface area contributed by atoms with Crippen LogP contribution in [0.2, 0.25) is 0 Å². The summed E-state index contributed by atoms with van der Waals surface area (Å²) in [4.78, 5) is 39.3. The molecule has 0 radical (unpaired) electrons. The summed E-state index contributed by atoms with van der Waals surface area (Å²) in [5.41, 5.74) is 0.919. The first kappa shape index (κ1) is 23.2. The van der Waals surface area contributed by atoms with Gasteiger partial charge in [-0.25, -0.2) is 4.39 Å². The number of nitrogens with one attached hydrogen (secondary N) is 2. The van der Waals surface area contributed by atoms with Gasteiger partial charge in [-0.1, -0.05) is 19.3 Å². The lowest BCUT2D eigenvalue weighted by atomic mass is 9.93. The van der Waals surface area contributed by atoms with E-state index in [0.717, 1.165) is 32.1 Å². The maximum absolute atomic E-state index is 13.3. The number of carbonyl (C=O) groups is 3. The number of ether oxygens (including phenoxy) is 1. The second-order valence-electron chi connectivity index (χ2n) is 7.79. The van der Waals surface area contributed by atoms with Crippen molar-refractivity contribution in [3.05, 3.63) is 59.9 Å². The van der Waals surface area contributed by atoms with Gasteiger partial charge in [0, 0.05) is 17.3 Å². The number of rotatable bonds is 8. The molecule has 0 saturated heterocycles. The lowest BCUT2D eigenvalue weighted by molar-refractivity contribution is -0.125. The number of benzene rings is 2. The largest absolute Gasteiger partial charge is 0.497 e. The summed E-state index contributed by atoms with van der Waals surface area (Å²) in [5, 5.41) is 5.27. The monoisotopic (exact) mass is 441 g/mol. The second kappa shape index (κ2) is 11.3. The van der Waals surface area contributed by atoms with E-state index in [9.17, 15) is 18.8 Å². The van der Waals surface area contributed by atoms with Crippen molar-refractivity contribution in [2.75, 3.05) is 25.5 Å². The molecular formula is C24H28FN3O4. The van der Waals surface area contributed by atoms with E-state index in [1.807, 2.05) is 0 Å². The summed E-state index contributed by atoms with van der Waals surface area (Å²) in [7, 11) is 1.56. The molecule has 0 aliphatic heterocycles. The van der Waals surface area contributed by atoms with Crippen LogP contribution in [-0.4, -0.2) is 48.9 Å². The van der Waals surface area contributed by atoms with E-state index in [0.29, 0.717) is 17.0 Å². The number of anilines is 1. The molecule has 3 rings (SSSR count). The fourth-order valence-corrected chi connectivity index (χ4v) is 3.79. The molecule has 7 nitrogen and oxygen atoms in total. The van der Waals surface area contributed by atoms with Gasteiger partial charge in [0.1, 0.15) is 18.1 Å². The number of methoxy groups -OCH3 is 1. The molecule has 1 aliphatic rings. The number of carbonyl (C=O) groups excluding carboxylic acids is 3. The van der Waals surface area contributed by atoms with Crippen molar-refractivity contribution in [3.63, 3.8) is 0 Å². The third-order valence-corrected chi connectivity index (χ3v) is 5.50. The predicted molar refractivity (Wildman–Crippen MR) is 119 cm³/mol. The van der Waals surface area contributed by atoms with Gasteiger partial charge in [-0.3, -0.25) is 14.4 Å². The van der Waals surface area contributed by atoms with E-state index in [1.54, 1.807) is 36.3 Å². The topological polar surface area (TPSA) is 87.7 Å². The summed E-state index contributed by atoms with van der Waals surface area (Å²) >= 11 is 0. The van der Waals surface area contributed by atoms with Gasteiger partial charge in [0.05, 0.1) is 13.7 Å². The van der Waals surface area contributed by atoms with Crippen LogP contribution in [0.25, 0.3) is 0 Å². The summed E-state index contributed by atoms with van der Waals surface area (Å²) < 4.78 is 18.3. The number of hydrogen-bond donors (Lipinski definition) is 2. The highest BCUT2D eigenvalue weighted by Crippen LogP contribution is 2.24. The van der Waals surface area contributed by atoms with Crippen molar-refractivity contribution in [1.82, 2.24) is 10.2 Å². The van der Waals surface area contributed by atoms with Gasteiger partial charge in [-0.05, 0) is 61.4 Å².